The molecule has 3 N–H and O–H groups in total. The molecule has 1 aliphatic carbocycles. The fraction of sp³-hybridized carbons (Fsp3) is 0.238. The topological polar surface area (TPSA) is 70.7 Å². The van der Waals surface area contributed by atoms with Crippen molar-refractivity contribution in [3.8, 4) is 0 Å². The molecule has 0 spiro atoms. The van der Waals surface area contributed by atoms with Crippen molar-refractivity contribution >= 4 is 39.9 Å². The van der Waals surface area contributed by atoms with Gasteiger partial charge in [0, 0.05) is 21.8 Å². The summed E-state index contributed by atoms with van der Waals surface area (Å²) >= 11 is 3.48. The largest absolute Gasteiger partial charge is 0.349 e. The Morgan fingerprint density at radius 3 is 2.85 bits per heavy atom. The molecule has 1 amide bonds. The first-order valence-corrected chi connectivity index (χ1v) is 9.77. The maximum absolute atomic E-state index is 12.4. The van der Waals surface area contributed by atoms with E-state index >= 15 is 0 Å². The summed E-state index contributed by atoms with van der Waals surface area (Å²) in [6.45, 7) is 2.01. The molecule has 0 aromatic heterocycles. The molecule has 27 heavy (non-hydrogen) atoms. The molecule has 1 unspecified atom stereocenters. The molecule has 0 radical (unpaired) electrons. The van der Waals surface area contributed by atoms with Crippen molar-refractivity contribution in [2.24, 2.45) is 10.7 Å². The quantitative estimate of drug-likeness (QED) is 0.783. The van der Waals surface area contributed by atoms with Crippen LogP contribution in [-0.4, -0.2) is 24.5 Å². The lowest BCUT2D eigenvalue weighted by molar-refractivity contribution is 0.0951. The van der Waals surface area contributed by atoms with Gasteiger partial charge in [-0.15, -0.1) is 0 Å². The van der Waals surface area contributed by atoms with Crippen LogP contribution in [0.5, 0.6) is 0 Å². The van der Waals surface area contributed by atoms with Crippen LogP contribution in [0.2, 0.25) is 0 Å². The van der Waals surface area contributed by atoms with Crippen molar-refractivity contribution in [1.82, 2.24) is 5.32 Å². The van der Waals surface area contributed by atoms with Gasteiger partial charge in [0.1, 0.15) is 6.17 Å². The van der Waals surface area contributed by atoms with E-state index < -0.39 is 6.17 Å². The van der Waals surface area contributed by atoms with Crippen LogP contribution in [-0.2, 0) is 0 Å². The van der Waals surface area contributed by atoms with Gasteiger partial charge in [0.05, 0.1) is 12.0 Å². The van der Waals surface area contributed by atoms with Gasteiger partial charge in [0.15, 0.2) is 0 Å². The lowest BCUT2D eigenvalue weighted by atomic mass is 10.1. The van der Waals surface area contributed by atoms with Gasteiger partial charge >= 0.3 is 0 Å². The molecule has 1 aliphatic heterocycles. The number of amides is 1. The molecule has 1 heterocycles. The van der Waals surface area contributed by atoms with Crippen molar-refractivity contribution in [3.63, 3.8) is 0 Å². The molecule has 138 valence electrons. The number of nitrogens with one attached hydrogen (secondary N) is 1. The number of carbonyl (C=O) groups excluding carboxylic acids is 1. The number of carbonyl (C=O) groups is 1. The zero-order valence-electron chi connectivity index (χ0n) is 15.0. The first kappa shape index (κ1) is 17.9. The van der Waals surface area contributed by atoms with Gasteiger partial charge in [-0.05, 0) is 61.2 Å². The number of rotatable bonds is 4. The van der Waals surface area contributed by atoms with Crippen molar-refractivity contribution in [2.75, 3.05) is 4.90 Å². The van der Waals surface area contributed by atoms with E-state index in [2.05, 4.69) is 26.2 Å². The summed E-state index contributed by atoms with van der Waals surface area (Å²) < 4.78 is 1.01. The van der Waals surface area contributed by atoms with Gasteiger partial charge in [-0.3, -0.25) is 4.79 Å². The minimum Gasteiger partial charge on any atom is -0.349 e. The number of hydrogen-bond acceptors (Lipinski definition) is 4. The number of nitrogens with zero attached hydrogens (tertiary/aromatic N) is 2. The average Bonchev–Trinajstić information content (AvgIpc) is 3.39. The van der Waals surface area contributed by atoms with Crippen molar-refractivity contribution < 1.29 is 4.79 Å². The predicted octanol–water partition coefficient (Wildman–Crippen LogP) is 3.82. The first-order chi connectivity index (χ1) is 13.0. The Bertz CT molecular complexity index is 949. The molecule has 4 rings (SSSR count). The summed E-state index contributed by atoms with van der Waals surface area (Å²) in [4.78, 5) is 18.8. The highest BCUT2D eigenvalue weighted by atomic mass is 79.9. The molecule has 1 atom stereocenters. The van der Waals surface area contributed by atoms with E-state index in [9.17, 15) is 4.79 Å². The maximum Gasteiger partial charge on any atom is 0.251 e. The minimum absolute atomic E-state index is 0.0339. The summed E-state index contributed by atoms with van der Waals surface area (Å²) in [6.07, 6.45) is 5.45. The van der Waals surface area contributed by atoms with E-state index in [1.165, 1.54) is 0 Å². The summed E-state index contributed by atoms with van der Waals surface area (Å²) in [7, 11) is 0. The molecule has 2 aromatic carbocycles. The molecular formula is C21H21BrN4O. The summed E-state index contributed by atoms with van der Waals surface area (Å²) in [5, 5.41) is 3.03. The van der Waals surface area contributed by atoms with Crippen molar-refractivity contribution in [1.29, 1.82) is 0 Å². The fourth-order valence-corrected chi connectivity index (χ4v) is 3.46. The zero-order chi connectivity index (χ0) is 19.0. The number of nitrogens with two attached hydrogens (primary N) is 1. The summed E-state index contributed by atoms with van der Waals surface area (Å²) in [5.74, 6) is -0.0339. The van der Waals surface area contributed by atoms with Gasteiger partial charge in [-0.2, -0.15) is 0 Å². The Labute approximate surface area is 167 Å². The number of anilines is 1. The zero-order valence-corrected chi connectivity index (χ0v) is 16.6. The lowest BCUT2D eigenvalue weighted by Crippen LogP contribution is -2.38. The average molecular weight is 425 g/mol. The molecule has 6 heteroatoms. The van der Waals surface area contributed by atoms with E-state index in [4.69, 9.17) is 5.73 Å². The third kappa shape index (κ3) is 3.96. The monoisotopic (exact) mass is 424 g/mol. The third-order valence-electron chi connectivity index (χ3n) is 4.76. The number of halogens is 1. The maximum atomic E-state index is 12.4. The number of aryl methyl sites for hydroxylation is 1. The van der Waals surface area contributed by atoms with Gasteiger partial charge in [0.25, 0.3) is 5.91 Å². The van der Waals surface area contributed by atoms with Crippen LogP contribution >= 0.6 is 15.9 Å². The van der Waals surface area contributed by atoms with Crippen LogP contribution in [0.15, 0.2) is 57.6 Å². The molecule has 1 saturated carbocycles. The highest BCUT2D eigenvalue weighted by molar-refractivity contribution is 9.10. The van der Waals surface area contributed by atoms with Crippen LogP contribution in [0.1, 0.15) is 34.3 Å². The second kappa shape index (κ2) is 7.29. The predicted molar refractivity (Wildman–Crippen MR) is 113 cm³/mol. The fourth-order valence-electron chi connectivity index (χ4n) is 3.05. The van der Waals surface area contributed by atoms with Crippen LogP contribution < -0.4 is 16.0 Å². The van der Waals surface area contributed by atoms with Crippen LogP contribution in [0.4, 0.5) is 5.69 Å². The standard InChI is InChI=1S/C21H21BrN4O/c1-13-5-6-15(21(27)25-17-7-8-17)11-19(13)26-12-24-18(20(26)23)10-14-3-2-4-16(22)9-14/h2-6,9-12,17,20H,7-8,23H2,1H3,(H,25,27). The van der Waals surface area contributed by atoms with Crippen LogP contribution in [0.25, 0.3) is 6.08 Å². The molecule has 1 fully saturated rings. The molecular weight excluding hydrogens is 404 g/mol. The molecule has 2 aliphatic rings. The Balaban J connectivity index is 1.58. The van der Waals surface area contributed by atoms with Crippen LogP contribution in [0.3, 0.4) is 0 Å². The third-order valence-corrected chi connectivity index (χ3v) is 5.25. The van der Waals surface area contributed by atoms with Crippen molar-refractivity contribution in [3.05, 3.63) is 69.3 Å². The molecule has 5 nitrogen and oxygen atoms in total. The second-order valence-corrected chi connectivity index (χ2v) is 7.89. The SMILES string of the molecule is Cc1ccc(C(=O)NC2CC2)cc1N1C=NC(=Cc2cccc(Br)c2)C1N. The highest BCUT2D eigenvalue weighted by Gasteiger charge is 2.27. The summed E-state index contributed by atoms with van der Waals surface area (Å²) in [6, 6.07) is 14.0. The number of aliphatic imine (C=N–C) groups is 1. The Morgan fingerprint density at radius 2 is 2.11 bits per heavy atom. The van der Waals surface area contributed by atoms with Gasteiger partial charge in [-0.25, -0.2) is 4.99 Å². The molecule has 0 saturated heterocycles. The number of benzene rings is 2. The smallest absolute Gasteiger partial charge is 0.251 e. The lowest BCUT2D eigenvalue weighted by Gasteiger charge is -2.23. The Kier molecular flexibility index (Phi) is 4.85. The van der Waals surface area contributed by atoms with Gasteiger partial charge in [-0.1, -0.05) is 34.1 Å². The second-order valence-electron chi connectivity index (χ2n) is 6.97. The molecule has 0 bridgehead atoms. The van der Waals surface area contributed by atoms with E-state index in [1.54, 1.807) is 6.34 Å². The van der Waals surface area contributed by atoms with Crippen molar-refractivity contribution in [2.45, 2.75) is 32.0 Å². The normalized spacial score (nSPS) is 20.3. The Morgan fingerprint density at radius 1 is 1.30 bits per heavy atom. The number of hydrogen-bond donors (Lipinski definition) is 2. The highest BCUT2D eigenvalue weighted by Crippen LogP contribution is 2.28. The van der Waals surface area contributed by atoms with E-state index in [-0.39, 0.29) is 5.91 Å². The van der Waals surface area contributed by atoms with E-state index in [0.29, 0.717) is 11.6 Å². The van der Waals surface area contributed by atoms with Gasteiger partial charge < -0.3 is 16.0 Å². The van der Waals surface area contributed by atoms with Gasteiger partial charge in [0.2, 0.25) is 0 Å². The van der Waals surface area contributed by atoms with E-state index in [1.807, 2.05) is 60.4 Å². The Hall–Kier alpha value is -2.44. The summed E-state index contributed by atoms with van der Waals surface area (Å²) in [5.41, 5.74) is 10.8. The van der Waals surface area contributed by atoms with E-state index in [0.717, 1.165) is 39.8 Å². The van der Waals surface area contributed by atoms with Crippen LogP contribution in [0, 0.1) is 6.92 Å². The minimum atomic E-state index is -0.399. The first-order valence-electron chi connectivity index (χ1n) is 8.98. The molecule has 2 aromatic rings.